The SMILES string of the molecule is CCCCCCCCCCCCCCCCCCCSc1cc(Nc2nc(Nc3cc(SCCCCCCCCCCCCCCCCCCC)c(SCCCCCCCCCCCCCCCCCCC)c(SCCCCCCCCCCCCCCCCCCC)c3)nc(-c3cc[c]cc3)n2)cc(SCCCCCCCCCCCCCCCCCCC)c1SCCCCCCCCCCCCCCCCCCC. The zero-order valence-corrected chi connectivity index (χ0v) is 103. The monoisotopic (exact) mass is 2130 g/mol. The van der Waals surface area contributed by atoms with Crippen molar-refractivity contribution in [2.24, 2.45) is 0 Å². The van der Waals surface area contributed by atoms with E-state index in [0.717, 1.165) is 39.9 Å². The van der Waals surface area contributed by atoms with Crippen molar-refractivity contribution >= 4 is 93.8 Å². The molecule has 0 saturated carbocycles. The van der Waals surface area contributed by atoms with Gasteiger partial charge in [0, 0.05) is 46.3 Å². The maximum atomic E-state index is 5.49. The van der Waals surface area contributed by atoms with Crippen molar-refractivity contribution in [3.8, 4) is 11.4 Å². The van der Waals surface area contributed by atoms with Gasteiger partial charge in [0.1, 0.15) is 0 Å². The van der Waals surface area contributed by atoms with Crippen molar-refractivity contribution in [2.45, 2.75) is 726 Å². The summed E-state index contributed by atoms with van der Waals surface area (Å²) >= 11 is 12.9. The Labute approximate surface area is 938 Å². The molecule has 1 heterocycles. The van der Waals surface area contributed by atoms with Gasteiger partial charge in [0.05, 0.1) is 0 Å². The van der Waals surface area contributed by atoms with Gasteiger partial charge in [-0.05, 0) is 103 Å². The van der Waals surface area contributed by atoms with E-state index in [1.165, 1.54) is 696 Å². The summed E-state index contributed by atoms with van der Waals surface area (Å²) in [5, 5.41) is 7.97. The molecule has 0 atom stereocenters. The quantitative estimate of drug-likeness (QED) is 0.0328. The summed E-state index contributed by atoms with van der Waals surface area (Å²) in [7, 11) is 0. The minimum atomic E-state index is 0.602. The fraction of sp³-hybridized carbons (Fsp3) is 0.844. The highest BCUT2D eigenvalue weighted by Gasteiger charge is 2.20. The number of nitrogens with zero attached hydrogens (tertiary/aromatic N) is 3. The summed E-state index contributed by atoms with van der Waals surface area (Å²) in [6.07, 6.45) is 144. The number of unbranched alkanes of at least 4 members (excludes halogenated alkanes) is 96. The van der Waals surface area contributed by atoms with Crippen LogP contribution >= 0.6 is 70.6 Å². The van der Waals surface area contributed by atoms with Crippen molar-refractivity contribution < 1.29 is 0 Å². The van der Waals surface area contributed by atoms with E-state index in [1.807, 2.05) is 12.1 Å². The molecule has 4 aromatic rings. The molecular weight excluding hydrogens is 1880 g/mol. The van der Waals surface area contributed by atoms with Crippen LogP contribution in [0.25, 0.3) is 11.4 Å². The van der Waals surface area contributed by atoms with Gasteiger partial charge in [0.25, 0.3) is 0 Å². The highest BCUT2D eigenvalue weighted by atomic mass is 32.2. The third-order valence-corrected chi connectivity index (χ3v) is 38.6. The predicted molar refractivity (Wildman–Crippen MR) is 673 cm³/mol. The molecule has 4 rings (SSSR count). The van der Waals surface area contributed by atoms with Crippen molar-refractivity contribution in [1.82, 2.24) is 15.0 Å². The summed E-state index contributed by atoms with van der Waals surface area (Å²) in [6, 6.07) is 21.7. The van der Waals surface area contributed by atoms with E-state index < -0.39 is 0 Å². The van der Waals surface area contributed by atoms with E-state index in [0.29, 0.717) is 17.7 Å². The van der Waals surface area contributed by atoms with E-state index in [2.05, 4.69) is 165 Å². The fourth-order valence-corrected chi connectivity index (χ4v) is 29.0. The van der Waals surface area contributed by atoms with Crippen LogP contribution in [-0.2, 0) is 0 Å². The van der Waals surface area contributed by atoms with E-state index in [4.69, 9.17) is 15.0 Å². The number of nitrogens with one attached hydrogen (secondary N) is 2. The van der Waals surface area contributed by atoms with Gasteiger partial charge in [-0.3, -0.25) is 0 Å². The number of anilines is 4. The Kier molecular flexibility index (Phi) is 103. The number of benzene rings is 3. The van der Waals surface area contributed by atoms with E-state index in [9.17, 15) is 0 Å². The minimum Gasteiger partial charge on any atom is -0.324 e. The molecule has 1 aromatic heterocycles. The molecule has 0 aliphatic rings. The number of rotatable bonds is 119. The topological polar surface area (TPSA) is 62.7 Å². The van der Waals surface area contributed by atoms with E-state index in [1.54, 1.807) is 0 Å². The predicted octanol–water partition coefficient (Wildman–Crippen LogP) is 51.3. The summed E-state index contributed by atoms with van der Waals surface area (Å²) < 4.78 is 0. The first-order valence-electron chi connectivity index (χ1n) is 65.9. The van der Waals surface area contributed by atoms with E-state index >= 15 is 0 Å². The van der Waals surface area contributed by atoms with Crippen LogP contribution in [0.15, 0.2) is 77.9 Å². The van der Waals surface area contributed by atoms with Crippen LogP contribution in [0.1, 0.15) is 696 Å². The van der Waals surface area contributed by atoms with Gasteiger partial charge in [-0.15, -0.1) is 70.6 Å². The molecule has 0 amide bonds. The van der Waals surface area contributed by atoms with Crippen LogP contribution < -0.4 is 10.6 Å². The summed E-state index contributed by atoms with van der Waals surface area (Å²) in [4.78, 5) is 25.1. The standard InChI is InChI=1S/C135H244N5S6/c1-7-13-19-25-31-37-43-49-55-61-67-73-79-85-91-97-106-114-141-127-120-125(121-128(142-115-107-98-92-86-80-74-68-62-56-50-44-38-32-26-20-14-8-2)131(127)145-118-110-101-95-89-83-77-71-65-59-53-47-41-35-29-23-17-11-5)136-134-138-133(124-112-104-103-105-113-124)139-135(140-134)137-126-122-129(143-116-108-99-93-87-81-75-69-63-57-51-45-39-33-27-21-15-9-3)132(146-119-111-102-96-90-84-78-72-66-60-54-48-42-36-30-24-18-12-6)130(123-126)144-117-109-100-94-88-82-76-70-64-58-52-46-40-34-28-22-16-10-4/h104-105,112-113,120-123H,7-102,106-111,114-119H2,1-6H3,(H2,136,137,138,139,140). The van der Waals surface area contributed by atoms with Gasteiger partial charge >= 0.3 is 0 Å². The lowest BCUT2D eigenvalue weighted by Crippen LogP contribution is -2.06. The molecule has 0 spiro atoms. The maximum Gasteiger partial charge on any atom is 0.232 e. The van der Waals surface area contributed by atoms with Gasteiger partial charge in [-0.25, -0.2) is 0 Å². The molecule has 1 radical (unpaired) electrons. The zero-order valence-electron chi connectivity index (χ0n) is 98.3. The van der Waals surface area contributed by atoms with Crippen molar-refractivity contribution in [3.05, 3.63) is 54.6 Å². The smallest absolute Gasteiger partial charge is 0.232 e. The van der Waals surface area contributed by atoms with Crippen LogP contribution in [0.4, 0.5) is 23.3 Å². The first-order chi connectivity index (χ1) is 72.5. The molecule has 3 aromatic carbocycles. The summed E-state index contributed by atoms with van der Waals surface area (Å²) in [5.41, 5.74) is 3.17. The number of hydrogen-bond acceptors (Lipinski definition) is 11. The summed E-state index contributed by atoms with van der Waals surface area (Å²) in [6.45, 7) is 14.0. The molecule has 2 N–H and O–H groups in total. The van der Waals surface area contributed by atoms with Crippen molar-refractivity contribution in [3.63, 3.8) is 0 Å². The molecular formula is C135H244N5S6. The minimum absolute atomic E-state index is 0.602. The van der Waals surface area contributed by atoms with Crippen LogP contribution in [0.3, 0.4) is 0 Å². The normalized spacial score (nSPS) is 11.7. The molecule has 11 heteroatoms. The lowest BCUT2D eigenvalue weighted by atomic mass is 10.0. The fourth-order valence-electron chi connectivity index (χ4n) is 21.5. The second kappa shape index (κ2) is 110. The largest absolute Gasteiger partial charge is 0.324 e. The third kappa shape index (κ3) is 85.6. The van der Waals surface area contributed by atoms with Crippen LogP contribution in [0.5, 0.6) is 0 Å². The summed E-state index contributed by atoms with van der Waals surface area (Å²) in [5.74, 6) is 8.88. The number of hydrogen-bond donors (Lipinski definition) is 2. The van der Waals surface area contributed by atoms with Crippen molar-refractivity contribution in [1.29, 1.82) is 0 Å². The molecule has 146 heavy (non-hydrogen) atoms. The lowest BCUT2D eigenvalue weighted by molar-refractivity contribution is 0.529. The lowest BCUT2D eigenvalue weighted by Gasteiger charge is -2.19. The van der Waals surface area contributed by atoms with Gasteiger partial charge in [0.2, 0.25) is 11.9 Å². The second-order valence-corrected chi connectivity index (χ2v) is 52.2. The zero-order chi connectivity index (χ0) is 103. The second-order valence-electron chi connectivity index (χ2n) is 45.5. The Morgan fingerprint density at radius 3 is 0.459 bits per heavy atom. The van der Waals surface area contributed by atoms with Crippen LogP contribution in [0, 0.1) is 6.07 Å². The number of aromatic nitrogens is 3. The number of thioether (sulfide) groups is 6. The average Bonchev–Trinajstić information content (AvgIpc) is 0.801. The van der Waals surface area contributed by atoms with Crippen LogP contribution in [-0.4, -0.2) is 49.5 Å². The maximum absolute atomic E-state index is 5.49. The van der Waals surface area contributed by atoms with Crippen molar-refractivity contribution in [2.75, 3.05) is 45.2 Å². The molecule has 0 aliphatic carbocycles. The van der Waals surface area contributed by atoms with Gasteiger partial charge in [0.15, 0.2) is 5.82 Å². The highest BCUT2D eigenvalue weighted by Crippen LogP contribution is 2.46. The molecule has 0 bridgehead atoms. The van der Waals surface area contributed by atoms with Crippen LogP contribution in [0.2, 0.25) is 0 Å². The first-order valence-corrected chi connectivity index (χ1v) is 71.8. The Balaban J connectivity index is 1.66. The molecule has 5 nitrogen and oxygen atoms in total. The third-order valence-electron chi connectivity index (χ3n) is 31.2. The highest BCUT2D eigenvalue weighted by molar-refractivity contribution is 8.04. The molecule has 0 saturated heterocycles. The molecule has 0 unspecified atom stereocenters. The molecule has 0 aliphatic heterocycles. The van der Waals surface area contributed by atoms with E-state index in [-0.39, 0.29) is 0 Å². The first kappa shape index (κ1) is 137. The van der Waals surface area contributed by atoms with Gasteiger partial charge < -0.3 is 10.6 Å². The average molecular weight is 2130 g/mol. The molecule has 845 valence electrons. The molecule has 0 fully saturated rings. The Bertz CT molecular complexity index is 3000. The Morgan fingerprint density at radius 2 is 0.308 bits per heavy atom. The van der Waals surface area contributed by atoms with Gasteiger partial charge in [-0.1, -0.05) is 682 Å². The Hall–Kier alpha value is -1.63. The Morgan fingerprint density at radius 1 is 0.171 bits per heavy atom. The van der Waals surface area contributed by atoms with Gasteiger partial charge in [-0.2, -0.15) is 15.0 Å².